The van der Waals surface area contributed by atoms with Crippen molar-refractivity contribution in [2.45, 2.75) is 25.5 Å². The molecule has 0 aliphatic carbocycles. The maximum Gasteiger partial charge on any atom is 0.125 e. The molecule has 0 unspecified atom stereocenters. The van der Waals surface area contributed by atoms with Gasteiger partial charge in [0.2, 0.25) is 0 Å². The number of anilines is 1. The highest BCUT2D eigenvalue weighted by Crippen LogP contribution is 2.24. The molecule has 3 N–H and O–H groups in total. The van der Waals surface area contributed by atoms with Crippen LogP contribution in [0.1, 0.15) is 18.4 Å². The van der Waals surface area contributed by atoms with E-state index >= 15 is 0 Å². The number of rotatable bonds is 6. The van der Waals surface area contributed by atoms with Crippen molar-refractivity contribution in [2.24, 2.45) is 0 Å². The maximum atomic E-state index is 8.76. The Bertz CT molecular complexity index is 418. The number of benzene rings is 1. The summed E-state index contributed by atoms with van der Waals surface area (Å²) in [5.74, 6) is 0.851. The highest BCUT2D eigenvalue weighted by Gasteiger charge is 2.20. The van der Waals surface area contributed by atoms with Gasteiger partial charge >= 0.3 is 0 Å². The van der Waals surface area contributed by atoms with E-state index < -0.39 is 0 Å². The van der Waals surface area contributed by atoms with Crippen LogP contribution < -0.4 is 10.5 Å². The van der Waals surface area contributed by atoms with Crippen LogP contribution >= 0.6 is 0 Å². The summed E-state index contributed by atoms with van der Waals surface area (Å²) >= 11 is 0. The number of aliphatic hydroxyl groups is 1. The van der Waals surface area contributed by atoms with Crippen molar-refractivity contribution in [3.63, 3.8) is 0 Å². The van der Waals surface area contributed by atoms with Crippen LogP contribution in [0.3, 0.4) is 0 Å². The molecule has 20 heavy (non-hydrogen) atoms. The molecule has 112 valence electrons. The second kappa shape index (κ2) is 7.47. The molecule has 1 aliphatic rings. The van der Waals surface area contributed by atoms with Crippen molar-refractivity contribution in [1.29, 1.82) is 0 Å². The molecule has 5 heteroatoms. The van der Waals surface area contributed by atoms with E-state index in [2.05, 4.69) is 4.90 Å². The molecular formula is C15H24N2O3. The van der Waals surface area contributed by atoms with Crippen molar-refractivity contribution in [2.75, 3.05) is 39.1 Å². The number of hydrogen-bond acceptors (Lipinski definition) is 5. The summed E-state index contributed by atoms with van der Waals surface area (Å²) < 4.78 is 11.0. The molecule has 1 aromatic rings. The van der Waals surface area contributed by atoms with Crippen LogP contribution in [0.2, 0.25) is 0 Å². The van der Waals surface area contributed by atoms with Gasteiger partial charge in [-0.15, -0.1) is 0 Å². The smallest absolute Gasteiger partial charge is 0.125 e. The lowest BCUT2D eigenvalue weighted by Gasteiger charge is -2.32. The van der Waals surface area contributed by atoms with Crippen LogP contribution in [0, 0.1) is 0 Å². The normalized spacial score (nSPS) is 17.3. The van der Waals surface area contributed by atoms with E-state index in [-0.39, 0.29) is 12.7 Å². The third-order valence-corrected chi connectivity index (χ3v) is 3.68. The van der Waals surface area contributed by atoms with Gasteiger partial charge in [0.05, 0.1) is 26.4 Å². The predicted octanol–water partition coefficient (Wildman–Crippen LogP) is 1.25. The average Bonchev–Trinajstić information content (AvgIpc) is 2.48. The second-order valence-electron chi connectivity index (χ2n) is 5.14. The minimum atomic E-state index is 0.100. The Morgan fingerprint density at radius 3 is 2.75 bits per heavy atom. The fourth-order valence-electron chi connectivity index (χ4n) is 2.59. The molecule has 0 amide bonds. The first-order valence-corrected chi connectivity index (χ1v) is 7.10. The Kier molecular flexibility index (Phi) is 5.64. The zero-order chi connectivity index (χ0) is 14.4. The molecule has 1 saturated heterocycles. The first kappa shape index (κ1) is 15.1. The Morgan fingerprint density at radius 1 is 1.35 bits per heavy atom. The summed E-state index contributed by atoms with van der Waals surface area (Å²) in [6.45, 7) is 3.42. The summed E-state index contributed by atoms with van der Waals surface area (Å²) in [5, 5.41) is 8.76. The first-order chi connectivity index (χ1) is 9.72. The number of nitrogens with two attached hydrogens (primary N) is 1. The number of likely N-dealkylation sites (tertiary alicyclic amines) is 1. The van der Waals surface area contributed by atoms with Gasteiger partial charge in [0, 0.05) is 37.0 Å². The lowest BCUT2D eigenvalue weighted by molar-refractivity contribution is -0.00909. The molecule has 0 saturated carbocycles. The van der Waals surface area contributed by atoms with Crippen LogP contribution in [0.4, 0.5) is 5.69 Å². The topological polar surface area (TPSA) is 68.0 Å². The molecule has 1 aliphatic heterocycles. The van der Waals surface area contributed by atoms with Gasteiger partial charge < -0.3 is 20.3 Å². The number of piperidine rings is 1. The van der Waals surface area contributed by atoms with Crippen molar-refractivity contribution in [3.05, 3.63) is 23.8 Å². The molecule has 0 bridgehead atoms. The predicted molar refractivity (Wildman–Crippen MR) is 78.7 cm³/mol. The van der Waals surface area contributed by atoms with E-state index in [4.69, 9.17) is 20.3 Å². The minimum Gasteiger partial charge on any atom is -0.496 e. The van der Waals surface area contributed by atoms with Gasteiger partial charge in [-0.3, -0.25) is 4.90 Å². The van der Waals surface area contributed by atoms with E-state index in [1.54, 1.807) is 7.11 Å². The number of hydrogen-bond donors (Lipinski definition) is 2. The molecule has 0 spiro atoms. The van der Waals surface area contributed by atoms with Gasteiger partial charge in [-0.1, -0.05) is 6.07 Å². The molecule has 0 atom stereocenters. The van der Waals surface area contributed by atoms with Gasteiger partial charge in [0.15, 0.2) is 0 Å². The SMILES string of the molecule is COc1cc(N)ccc1CN1CCC(OCCO)CC1. The molecular weight excluding hydrogens is 256 g/mol. The lowest BCUT2D eigenvalue weighted by atomic mass is 10.1. The standard InChI is InChI=1S/C15H24N2O3/c1-19-15-10-13(16)3-2-12(15)11-17-6-4-14(5-7-17)20-9-8-18/h2-3,10,14,18H,4-9,11,16H2,1H3. The molecule has 1 fully saturated rings. The van der Waals surface area contributed by atoms with E-state index in [1.165, 1.54) is 0 Å². The largest absolute Gasteiger partial charge is 0.496 e. The highest BCUT2D eigenvalue weighted by atomic mass is 16.5. The summed E-state index contributed by atoms with van der Waals surface area (Å²) in [4.78, 5) is 2.40. The third kappa shape index (κ3) is 4.10. The van der Waals surface area contributed by atoms with Gasteiger partial charge in [0.25, 0.3) is 0 Å². The van der Waals surface area contributed by atoms with Crippen LogP contribution in [-0.4, -0.2) is 49.5 Å². The van der Waals surface area contributed by atoms with Crippen LogP contribution in [0.25, 0.3) is 0 Å². The summed E-state index contributed by atoms with van der Waals surface area (Å²) in [6, 6.07) is 5.81. The number of methoxy groups -OCH3 is 1. The molecule has 0 aromatic heterocycles. The molecule has 1 heterocycles. The van der Waals surface area contributed by atoms with Crippen molar-refractivity contribution < 1.29 is 14.6 Å². The molecule has 1 aromatic carbocycles. The maximum absolute atomic E-state index is 8.76. The monoisotopic (exact) mass is 280 g/mol. The van der Waals surface area contributed by atoms with Crippen LogP contribution in [0.5, 0.6) is 5.75 Å². The van der Waals surface area contributed by atoms with Crippen LogP contribution in [-0.2, 0) is 11.3 Å². The van der Waals surface area contributed by atoms with E-state index in [0.717, 1.165) is 49.5 Å². The number of ether oxygens (including phenoxy) is 2. The van der Waals surface area contributed by atoms with Gasteiger partial charge in [-0.25, -0.2) is 0 Å². The first-order valence-electron chi connectivity index (χ1n) is 7.10. The van der Waals surface area contributed by atoms with Gasteiger partial charge in [-0.2, -0.15) is 0 Å². The number of aliphatic hydroxyl groups excluding tert-OH is 1. The van der Waals surface area contributed by atoms with Crippen molar-refractivity contribution in [1.82, 2.24) is 4.90 Å². The Labute approximate surface area is 120 Å². The Balaban J connectivity index is 1.86. The second-order valence-corrected chi connectivity index (χ2v) is 5.14. The molecule has 5 nitrogen and oxygen atoms in total. The quantitative estimate of drug-likeness (QED) is 0.768. The van der Waals surface area contributed by atoms with E-state index in [9.17, 15) is 0 Å². The minimum absolute atomic E-state index is 0.100. The summed E-state index contributed by atoms with van der Waals surface area (Å²) in [5.41, 5.74) is 7.66. The van der Waals surface area contributed by atoms with Crippen LogP contribution in [0.15, 0.2) is 18.2 Å². The Hall–Kier alpha value is -1.30. The zero-order valence-electron chi connectivity index (χ0n) is 12.0. The molecule has 2 rings (SSSR count). The number of nitrogens with zero attached hydrogens (tertiary/aromatic N) is 1. The molecule has 0 radical (unpaired) electrons. The van der Waals surface area contributed by atoms with Gasteiger partial charge in [0.1, 0.15) is 5.75 Å². The van der Waals surface area contributed by atoms with Gasteiger partial charge in [-0.05, 0) is 18.9 Å². The van der Waals surface area contributed by atoms with E-state index in [0.29, 0.717) is 6.61 Å². The fourth-order valence-corrected chi connectivity index (χ4v) is 2.59. The highest BCUT2D eigenvalue weighted by molar-refractivity contribution is 5.48. The Morgan fingerprint density at radius 2 is 2.10 bits per heavy atom. The zero-order valence-corrected chi connectivity index (χ0v) is 12.0. The van der Waals surface area contributed by atoms with Crippen molar-refractivity contribution >= 4 is 5.69 Å². The van der Waals surface area contributed by atoms with E-state index in [1.807, 2.05) is 18.2 Å². The average molecular weight is 280 g/mol. The number of nitrogen functional groups attached to an aromatic ring is 1. The summed E-state index contributed by atoms with van der Waals surface area (Å²) in [6.07, 6.45) is 2.31. The third-order valence-electron chi connectivity index (χ3n) is 3.68. The van der Waals surface area contributed by atoms with Crippen molar-refractivity contribution in [3.8, 4) is 5.75 Å². The lowest BCUT2D eigenvalue weighted by Crippen LogP contribution is -2.37. The fraction of sp³-hybridized carbons (Fsp3) is 0.600. The summed E-state index contributed by atoms with van der Waals surface area (Å²) in [7, 11) is 1.67.